The van der Waals surface area contributed by atoms with Gasteiger partial charge in [-0.25, -0.2) is 4.99 Å². The quantitative estimate of drug-likeness (QED) is 0.521. The van der Waals surface area contributed by atoms with Crippen LogP contribution in [0.25, 0.3) is 0 Å². The van der Waals surface area contributed by atoms with Crippen molar-refractivity contribution in [1.82, 2.24) is 0 Å². The van der Waals surface area contributed by atoms with E-state index in [1.165, 1.54) is 38.5 Å². The van der Waals surface area contributed by atoms with Crippen molar-refractivity contribution in [3.8, 4) is 0 Å². The molecule has 2 N–H and O–H groups in total. The topological polar surface area (TPSA) is 72.5 Å². The number of hydrogen-bond donors (Lipinski definition) is 1. The number of rotatable bonds is 10. The highest BCUT2D eigenvalue weighted by Gasteiger charge is 2.04. The zero-order valence-corrected chi connectivity index (χ0v) is 13.4. The Balaban J connectivity index is 2.22. The van der Waals surface area contributed by atoms with Gasteiger partial charge in [0, 0.05) is 17.3 Å². The molecule has 0 fully saturated rings. The minimum Gasteiger partial charge on any atom is -0.366 e. The lowest BCUT2D eigenvalue weighted by atomic mass is 10.1. The van der Waals surface area contributed by atoms with Crippen molar-refractivity contribution < 1.29 is 9.59 Å². The van der Waals surface area contributed by atoms with Crippen LogP contribution in [0, 0.1) is 0 Å². The molecule has 1 aromatic rings. The van der Waals surface area contributed by atoms with E-state index in [4.69, 9.17) is 5.73 Å². The van der Waals surface area contributed by atoms with Gasteiger partial charge >= 0.3 is 0 Å². The van der Waals surface area contributed by atoms with E-state index in [0.717, 1.165) is 12.8 Å². The molecular formula is C18H26N2O2. The Morgan fingerprint density at radius 1 is 0.955 bits per heavy atom. The Labute approximate surface area is 132 Å². The Morgan fingerprint density at radius 2 is 1.50 bits per heavy atom. The molecule has 0 radical (unpaired) electrons. The van der Waals surface area contributed by atoms with Crippen molar-refractivity contribution in [2.75, 3.05) is 0 Å². The Hall–Kier alpha value is -1.97. The van der Waals surface area contributed by atoms with Crippen molar-refractivity contribution in [2.24, 2.45) is 10.7 Å². The first-order chi connectivity index (χ1) is 10.6. The van der Waals surface area contributed by atoms with Crippen LogP contribution in [-0.4, -0.2) is 18.0 Å². The number of nitrogens with two attached hydrogens (primary N) is 1. The molecule has 4 heteroatoms. The molecule has 2 amide bonds. The average molecular weight is 302 g/mol. The number of primary amides is 1. The number of hydrogen-bond acceptors (Lipinski definition) is 2. The summed E-state index contributed by atoms with van der Waals surface area (Å²) in [5, 5.41) is 0. The second kappa shape index (κ2) is 10.7. The van der Waals surface area contributed by atoms with Crippen LogP contribution < -0.4 is 5.73 Å². The molecule has 0 saturated carbocycles. The van der Waals surface area contributed by atoms with Crippen molar-refractivity contribution in [1.29, 1.82) is 0 Å². The number of aliphatic imine (C=N–C) groups is 1. The molecule has 120 valence electrons. The van der Waals surface area contributed by atoms with Crippen LogP contribution in [0.2, 0.25) is 0 Å². The molecule has 0 aliphatic rings. The van der Waals surface area contributed by atoms with Crippen LogP contribution in [0.5, 0.6) is 0 Å². The highest BCUT2D eigenvalue weighted by molar-refractivity contribution is 6.00. The largest absolute Gasteiger partial charge is 0.366 e. The molecule has 0 heterocycles. The Kier molecular flexibility index (Phi) is 8.80. The maximum absolute atomic E-state index is 11.8. The van der Waals surface area contributed by atoms with E-state index in [-0.39, 0.29) is 5.91 Å². The molecule has 22 heavy (non-hydrogen) atoms. The van der Waals surface area contributed by atoms with Gasteiger partial charge in [0.25, 0.3) is 5.91 Å². The van der Waals surface area contributed by atoms with Gasteiger partial charge in [-0.15, -0.1) is 0 Å². The smallest absolute Gasteiger partial charge is 0.276 e. The number of amides is 2. The van der Waals surface area contributed by atoms with E-state index in [9.17, 15) is 9.59 Å². The van der Waals surface area contributed by atoms with Gasteiger partial charge in [-0.3, -0.25) is 9.59 Å². The van der Waals surface area contributed by atoms with Crippen LogP contribution in [0.4, 0.5) is 0 Å². The third kappa shape index (κ3) is 7.16. The second-order valence-corrected chi connectivity index (χ2v) is 5.47. The molecule has 0 aromatic heterocycles. The molecule has 0 spiro atoms. The fourth-order valence-electron chi connectivity index (χ4n) is 2.19. The molecule has 0 bridgehead atoms. The first-order valence-electron chi connectivity index (χ1n) is 8.12. The number of benzene rings is 1. The third-order valence-corrected chi connectivity index (χ3v) is 3.56. The predicted molar refractivity (Wildman–Crippen MR) is 90.4 cm³/mol. The summed E-state index contributed by atoms with van der Waals surface area (Å²) < 4.78 is 0. The summed E-state index contributed by atoms with van der Waals surface area (Å²) in [4.78, 5) is 26.7. The number of carbonyl (C=O) groups excluding carboxylic acids is 2. The molecule has 0 aliphatic carbocycles. The fraction of sp³-hybridized carbons (Fsp3) is 0.500. The molecule has 0 aliphatic heterocycles. The van der Waals surface area contributed by atoms with Gasteiger partial charge in [0.2, 0.25) is 5.91 Å². The van der Waals surface area contributed by atoms with Crippen LogP contribution in [0.3, 0.4) is 0 Å². The van der Waals surface area contributed by atoms with Gasteiger partial charge in [0.05, 0.1) is 0 Å². The number of unbranched alkanes of at least 4 members (excludes halogenated alkanes) is 7. The van der Waals surface area contributed by atoms with Crippen molar-refractivity contribution in [3.63, 3.8) is 0 Å². The summed E-state index contributed by atoms with van der Waals surface area (Å²) in [5.74, 6) is -0.777. The highest BCUT2D eigenvalue weighted by atomic mass is 16.1. The summed E-state index contributed by atoms with van der Waals surface area (Å²) in [6.07, 6.45) is 11.3. The van der Waals surface area contributed by atoms with Crippen LogP contribution in [0.15, 0.2) is 29.3 Å². The van der Waals surface area contributed by atoms with Gasteiger partial charge in [0.1, 0.15) is 0 Å². The van der Waals surface area contributed by atoms with Gasteiger partial charge in [0.15, 0.2) is 0 Å². The van der Waals surface area contributed by atoms with Gasteiger partial charge in [-0.1, -0.05) is 45.4 Å². The molecule has 0 unspecified atom stereocenters. The summed E-state index contributed by atoms with van der Waals surface area (Å²) >= 11 is 0. The average Bonchev–Trinajstić information content (AvgIpc) is 2.53. The van der Waals surface area contributed by atoms with Crippen molar-refractivity contribution in [2.45, 2.75) is 58.3 Å². The first kappa shape index (κ1) is 18.1. The molecular weight excluding hydrogens is 276 g/mol. The lowest BCUT2D eigenvalue weighted by Gasteiger charge is -1.99. The Bertz CT molecular complexity index is 492. The highest BCUT2D eigenvalue weighted by Crippen LogP contribution is 2.08. The zero-order chi connectivity index (χ0) is 16.2. The van der Waals surface area contributed by atoms with Crippen LogP contribution >= 0.6 is 0 Å². The minimum absolute atomic E-state index is 0.279. The van der Waals surface area contributed by atoms with Crippen molar-refractivity contribution in [3.05, 3.63) is 35.4 Å². The number of carbonyl (C=O) groups is 2. The number of nitrogens with zero attached hydrogens (tertiary/aromatic N) is 1. The molecule has 4 nitrogen and oxygen atoms in total. The van der Waals surface area contributed by atoms with Gasteiger partial charge in [-0.05, 0) is 37.1 Å². The molecule has 0 atom stereocenters. The van der Waals surface area contributed by atoms with E-state index >= 15 is 0 Å². The minimum atomic E-state index is -0.499. The summed E-state index contributed by atoms with van der Waals surface area (Å²) in [6, 6.07) is 6.24. The Morgan fingerprint density at radius 3 is 2.09 bits per heavy atom. The lowest BCUT2D eigenvalue weighted by Crippen LogP contribution is -2.10. The monoisotopic (exact) mass is 302 g/mol. The standard InChI is InChI=1S/C18H26N2O2/c1-2-3-4-5-6-7-8-9-14-20-18(22)16-12-10-15(11-13-16)17(19)21/h10-14H,2-9H2,1H3,(H2,19,21). The molecule has 1 rings (SSSR count). The first-order valence-corrected chi connectivity index (χ1v) is 8.12. The lowest BCUT2D eigenvalue weighted by molar-refractivity contribution is 0.0990. The normalized spacial score (nSPS) is 11.0. The van der Waals surface area contributed by atoms with Gasteiger partial charge in [-0.2, -0.15) is 0 Å². The fourth-order valence-corrected chi connectivity index (χ4v) is 2.19. The zero-order valence-electron chi connectivity index (χ0n) is 13.4. The van der Waals surface area contributed by atoms with Gasteiger partial charge < -0.3 is 5.73 Å². The molecule has 0 saturated heterocycles. The molecule has 1 aromatic carbocycles. The maximum Gasteiger partial charge on any atom is 0.276 e. The van der Waals surface area contributed by atoms with Crippen LogP contribution in [0.1, 0.15) is 79.0 Å². The summed E-state index contributed by atoms with van der Waals surface area (Å²) in [5.41, 5.74) is 6.02. The predicted octanol–water partition coefficient (Wildman–Crippen LogP) is 4.14. The third-order valence-electron chi connectivity index (χ3n) is 3.56. The second-order valence-electron chi connectivity index (χ2n) is 5.47. The van der Waals surface area contributed by atoms with E-state index in [1.807, 2.05) is 0 Å². The van der Waals surface area contributed by atoms with E-state index in [0.29, 0.717) is 11.1 Å². The van der Waals surface area contributed by atoms with E-state index in [1.54, 1.807) is 30.5 Å². The van der Waals surface area contributed by atoms with E-state index in [2.05, 4.69) is 11.9 Å². The maximum atomic E-state index is 11.8. The van der Waals surface area contributed by atoms with E-state index < -0.39 is 5.91 Å². The summed E-state index contributed by atoms with van der Waals surface area (Å²) in [6.45, 7) is 2.22. The SMILES string of the molecule is CCCCCCCCCC=NC(=O)c1ccc(C(N)=O)cc1. The van der Waals surface area contributed by atoms with Crippen molar-refractivity contribution >= 4 is 18.0 Å². The summed E-state index contributed by atoms with van der Waals surface area (Å²) in [7, 11) is 0. The van der Waals surface area contributed by atoms with Crippen LogP contribution in [-0.2, 0) is 0 Å².